The number of hydrogen-bond acceptors (Lipinski definition) is 6. The number of benzene rings is 2. The molecule has 0 unspecified atom stereocenters. The Morgan fingerprint density at radius 2 is 1.55 bits per heavy atom. The van der Waals surface area contributed by atoms with Crippen LogP contribution in [0.1, 0.15) is 44.0 Å². The number of ether oxygens (including phenoxy) is 2. The molecule has 1 aromatic heterocycles. The van der Waals surface area contributed by atoms with Gasteiger partial charge in [-0.3, -0.25) is 9.59 Å². The highest BCUT2D eigenvalue weighted by Crippen LogP contribution is 2.17. The summed E-state index contributed by atoms with van der Waals surface area (Å²) in [4.78, 5) is 35.0. The molecule has 0 radical (unpaired) electrons. The van der Waals surface area contributed by atoms with Crippen molar-refractivity contribution in [3.8, 4) is 5.75 Å². The first-order chi connectivity index (χ1) is 14.0. The van der Waals surface area contributed by atoms with E-state index < -0.39 is 11.9 Å². The van der Waals surface area contributed by atoms with Gasteiger partial charge in [-0.2, -0.15) is 0 Å². The van der Waals surface area contributed by atoms with Gasteiger partial charge in [0.1, 0.15) is 18.1 Å². The third-order valence-electron chi connectivity index (χ3n) is 4.09. The number of esters is 1. The number of furan rings is 1. The molecule has 0 saturated carbocycles. The van der Waals surface area contributed by atoms with Crippen LogP contribution in [0.5, 0.6) is 5.75 Å². The summed E-state index contributed by atoms with van der Waals surface area (Å²) in [5.41, 5.74) is 1.55. The lowest BCUT2D eigenvalue weighted by atomic mass is 10.1. The Morgan fingerprint density at radius 3 is 2.17 bits per heavy atom. The minimum atomic E-state index is -0.422. The van der Waals surface area contributed by atoms with Gasteiger partial charge in [0, 0.05) is 11.3 Å². The van der Waals surface area contributed by atoms with Crippen molar-refractivity contribution in [2.45, 2.75) is 13.5 Å². The van der Waals surface area contributed by atoms with Crippen molar-refractivity contribution in [3.63, 3.8) is 0 Å². The zero-order valence-corrected chi connectivity index (χ0v) is 15.9. The van der Waals surface area contributed by atoms with Crippen LogP contribution in [0.25, 0.3) is 0 Å². The van der Waals surface area contributed by atoms with E-state index in [1.807, 2.05) is 0 Å². The highest BCUT2D eigenvalue weighted by Gasteiger charge is 2.12. The van der Waals surface area contributed by atoms with E-state index in [0.717, 1.165) is 0 Å². The van der Waals surface area contributed by atoms with Crippen molar-refractivity contribution < 1.29 is 28.3 Å². The largest absolute Gasteiger partial charge is 0.486 e. The number of ketones is 1. The average Bonchev–Trinajstić information content (AvgIpc) is 3.22. The first kappa shape index (κ1) is 19.9. The quantitative estimate of drug-likeness (QED) is 0.480. The van der Waals surface area contributed by atoms with Crippen molar-refractivity contribution in [2.75, 3.05) is 12.4 Å². The van der Waals surface area contributed by atoms with Crippen LogP contribution in [0.2, 0.25) is 0 Å². The maximum atomic E-state index is 12.3. The minimum absolute atomic E-state index is 0.0431. The van der Waals surface area contributed by atoms with Gasteiger partial charge in [-0.1, -0.05) is 0 Å². The molecule has 148 valence electrons. The summed E-state index contributed by atoms with van der Waals surface area (Å²) in [6.45, 7) is 1.60. The summed E-state index contributed by atoms with van der Waals surface area (Å²) >= 11 is 0. The minimum Gasteiger partial charge on any atom is -0.486 e. The number of carbonyl (C=O) groups excluding carboxylic acids is 3. The second-order valence-corrected chi connectivity index (χ2v) is 6.16. The molecule has 7 nitrogen and oxygen atoms in total. The van der Waals surface area contributed by atoms with Gasteiger partial charge in [-0.15, -0.1) is 0 Å². The molecule has 0 atom stereocenters. The SMILES string of the molecule is COC(=O)c1ccc(OCc2ccc(C(=O)Nc3ccc(C(C)=O)cc3)o2)cc1. The molecule has 0 fully saturated rings. The van der Waals surface area contributed by atoms with Gasteiger partial charge in [-0.25, -0.2) is 4.79 Å². The standard InChI is InChI=1S/C22H19NO6/c1-14(24)15-3-7-17(8-4-15)23-21(25)20-12-11-19(29-20)13-28-18-9-5-16(6-10-18)22(26)27-2/h3-12H,13H2,1-2H3,(H,23,25). The molecule has 0 saturated heterocycles. The van der Waals surface area contributed by atoms with E-state index in [2.05, 4.69) is 10.1 Å². The van der Waals surface area contributed by atoms with Gasteiger partial charge < -0.3 is 19.2 Å². The number of carbonyl (C=O) groups is 3. The summed E-state index contributed by atoms with van der Waals surface area (Å²) in [7, 11) is 1.32. The predicted molar refractivity (Wildman–Crippen MR) is 105 cm³/mol. The molecule has 29 heavy (non-hydrogen) atoms. The van der Waals surface area contributed by atoms with E-state index in [-0.39, 0.29) is 18.2 Å². The first-order valence-electron chi connectivity index (χ1n) is 8.78. The Labute approximate surface area is 167 Å². The normalized spacial score (nSPS) is 10.3. The molecule has 3 rings (SSSR count). The highest BCUT2D eigenvalue weighted by atomic mass is 16.5. The summed E-state index contributed by atoms with van der Waals surface area (Å²) in [6, 6.07) is 16.3. The van der Waals surface area contributed by atoms with Crippen LogP contribution >= 0.6 is 0 Å². The molecule has 0 bridgehead atoms. The van der Waals surface area contributed by atoms with E-state index >= 15 is 0 Å². The molecule has 0 aliphatic rings. The van der Waals surface area contributed by atoms with Crippen LogP contribution in [0.15, 0.2) is 65.1 Å². The van der Waals surface area contributed by atoms with Gasteiger partial charge in [-0.05, 0) is 67.6 Å². The maximum Gasteiger partial charge on any atom is 0.337 e. The van der Waals surface area contributed by atoms with Crippen LogP contribution in [0.3, 0.4) is 0 Å². The number of methoxy groups -OCH3 is 1. The van der Waals surface area contributed by atoms with Crippen LogP contribution in [0.4, 0.5) is 5.69 Å². The van der Waals surface area contributed by atoms with E-state index in [0.29, 0.717) is 28.3 Å². The highest BCUT2D eigenvalue weighted by molar-refractivity contribution is 6.02. The Kier molecular flexibility index (Phi) is 6.09. The second kappa shape index (κ2) is 8.88. The molecule has 2 aromatic carbocycles. The third-order valence-corrected chi connectivity index (χ3v) is 4.09. The average molecular weight is 393 g/mol. The first-order valence-corrected chi connectivity index (χ1v) is 8.78. The fraction of sp³-hybridized carbons (Fsp3) is 0.136. The van der Waals surface area contributed by atoms with E-state index in [9.17, 15) is 14.4 Å². The smallest absolute Gasteiger partial charge is 0.337 e. The van der Waals surface area contributed by atoms with Gasteiger partial charge in [0.2, 0.25) is 0 Å². The van der Waals surface area contributed by atoms with Gasteiger partial charge in [0.05, 0.1) is 12.7 Å². The van der Waals surface area contributed by atoms with Crippen molar-refractivity contribution >= 4 is 23.3 Å². The molecule has 0 aliphatic heterocycles. The third kappa shape index (κ3) is 5.10. The zero-order valence-electron chi connectivity index (χ0n) is 15.9. The van der Waals surface area contributed by atoms with Crippen LogP contribution in [0, 0.1) is 0 Å². The van der Waals surface area contributed by atoms with Crippen LogP contribution < -0.4 is 10.1 Å². The van der Waals surface area contributed by atoms with Crippen LogP contribution in [-0.4, -0.2) is 24.8 Å². The molecule has 3 aromatic rings. The van der Waals surface area contributed by atoms with Gasteiger partial charge in [0.15, 0.2) is 11.5 Å². The van der Waals surface area contributed by atoms with Crippen molar-refractivity contribution in [1.29, 1.82) is 0 Å². The van der Waals surface area contributed by atoms with Crippen molar-refractivity contribution in [1.82, 2.24) is 0 Å². The second-order valence-electron chi connectivity index (χ2n) is 6.16. The topological polar surface area (TPSA) is 94.8 Å². The summed E-state index contributed by atoms with van der Waals surface area (Å²) in [5.74, 6) is 0.284. The molecule has 7 heteroatoms. The number of amides is 1. The van der Waals surface area contributed by atoms with E-state index in [4.69, 9.17) is 9.15 Å². The van der Waals surface area contributed by atoms with Gasteiger partial charge in [0.25, 0.3) is 5.91 Å². The number of Topliss-reactive ketones (excluding diaryl/α,β-unsaturated/α-hetero) is 1. The van der Waals surface area contributed by atoms with Gasteiger partial charge >= 0.3 is 5.97 Å². The molecule has 1 heterocycles. The zero-order chi connectivity index (χ0) is 20.8. The fourth-order valence-corrected chi connectivity index (χ4v) is 2.52. The fourth-order valence-electron chi connectivity index (χ4n) is 2.52. The predicted octanol–water partition coefficient (Wildman–Crippen LogP) is 4.10. The summed E-state index contributed by atoms with van der Waals surface area (Å²) in [6.07, 6.45) is 0. The van der Waals surface area contributed by atoms with Crippen molar-refractivity contribution in [3.05, 3.63) is 83.3 Å². The van der Waals surface area contributed by atoms with Crippen LogP contribution in [-0.2, 0) is 11.3 Å². The molecule has 0 aliphatic carbocycles. The lowest BCUT2D eigenvalue weighted by Gasteiger charge is -2.06. The molecule has 1 amide bonds. The lowest BCUT2D eigenvalue weighted by molar-refractivity contribution is 0.0600. The number of anilines is 1. The number of rotatable bonds is 7. The van der Waals surface area contributed by atoms with E-state index in [1.54, 1.807) is 60.7 Å². The Morgan fingerprint density at radius 1 is 0.897 bits per heavy atom. The van der Waals surface area contributed by atoms with E-state index in [1.165, 1.54) is 14.0 Å². The van der Waals surface area contributed by atoms with Crippen molar-refractivity contribution in [2.24, 2.45) is 0 Å². The monoisotopic (exact) mass is 393 g/mol. The maximum absolute atomic E-state index is 12.3. The molecular weight excluding hydrogens is 374 g/mol. The number of hydrogen-bond donors (Lipinski definition) is 1. The number of nitrogens with one attached hydrogen (secondary N) is 1. The Balaban J connectivity index is 1.56. The molecule has 0 spiro atoms. The summed E-state index contributed by atoms with van der Waals surface area (Å²) in [5, 5.41) is 2.71. The molecule has 1 N–H and O–H groups in total. The Hall–Kier alpha value is -3.87. The lowest BCUT2D eigenvalue weighted by Crippen LogP contribution is -2.11. The Bertz CT molecular complexity index is 1020. The summed E-state index contributed by atoms with van der Waals surface area (Å²) < 4.78 is 15.8. The molecular formula is C22H19NO6.